The van der Waals surface area contributed by atoms with Gasteiger partial charge in [0.25, 0.3) is 10.1 Å². The number of methoxy groups -OCH3 is 2. The van der Waals surface area contributed by atoms with E-state index in [-0.39, 0.29) is 75.0 Å². The molecule has 4 rings (SSSR count). The summed E-state index contributed by atoms with van der Waals surface area (Å²) >= 11 is 0. The molecule has 11 heteroatoms. The monoisotopic (exact) mass is 745 g/mol. The van der Waals surface area contributed by atoms with Crippen LogP contribution in [-0.4, -0.2) is 56.4 Å². The van der Waals surface area contributed by atoms with Crippen LogP contribution in [0.4, 0.5) is 10.4 Å². The maximum absolute atomic E-state index is 12.6. The molecule has 52 heavy (non-hydrogen) atoms. The van der Waals surface area contributed by atoms with Crippen molar-refractivity contribution in [3.05, 3.63) is 108 Å². The van der Waals surface area contributed by atoms with Crippen molar-refractivity contribution in [2.24, 2.45) is 0 Å². The second-order valence-electron chi connectivity index (χ2n) is 11.3. The van der Waals surface area contributed by atoms with Crippen LogP contribution in [0.25, 0.3) is 10.8 Å². The van der Waals surface area contributed by atoms with Crippen LogP contribution in [-0.2, 0) is 46.8 Å². The molecule has 2 atom stereocenters. The molecule has 0 bridgehead atoms. The summed E-state index contributed by atoms with van der Waals surface area (Å²) < 4.78 is 44.5. The van der Waals surface area contributed by atoms with Crippen LogP contribution in [0.2, 0.25) is 0 Å². The van der Waals surface area contributed by atoms with Gasteiger partial charge in [0.15, 0.2) is 11.6 Å². The lowest BCUT2D eigenvalue weighted by Crippen LogP contribution is -2.41. The highest BCUT2D eigenvalue weighted by Gasteiger charge is 2.35. The molecule has 0 heterocycles. The molecule has 0 aliphatic heterocycles. The molecule has 290 valence electrons. The maximum atomic E-state index is 12.6. The number of carbonyl (C=O) groups is 3. The first-order valence-electron chi connectivity index (χ1n) is 15.4. The minimum atomic E-state index is -4.56. The Hall–Kier alpha value is -4.29. The third-order valence-corrected chi connectivity index (χ3v) is 8.97. The Morgan fingerprint density at radius 3 is 1.81 bits per heavy atom. The van der Waals surface area contributed by atoms with Crippen molar-refractivity contribution in [1.82, 2.24) is 0 Å². The second-order valence-corrected chi connectivity index (χ2v) is 12.7. The van der Waals surface area contributed by atoms with Gasteiger partial charge in [0.2, 0.25) is 5.91 Å². The Morgan fingerprint density at radius 2 is 1.31 bits per heavy atom. The Balaban J connectivity index is -0.00000114. The fraction of sp³-hybridized carbons (Fsp3) is 0.390. The van der Waals surface area contributed by atoms with E-state index in [1.165, 1.54) is 20.1 Å². The number of anilines is 1. The van der Waals surface area contributed by atoms with Gasteiger partial charge in [0, 0.05) is 38.9 Å². The maximum Gasteiger partial charge on any atom is 0.297 e. The van der Waals surface area contributed by atoms with Crippen molar-refractivity contribution >= 4 is 44.1 Å². The van der Waals surface area contributed by atoms with E-state index in [2.05, 4.69) is 5.32 Å². The molecule has 2 unspecified atom stereocenters. The molecule has 0 fully saturated rings. The molecule has 0 saturated carbocycles. The molecule has 0 saturated heterocycles. The third-order valence-electron chi connectivity index (χ3n) is 8.01. The standard InChI is InChI=1S/C26H29NO6S.C11H14O2.4CH4.FH/c1-19(28)26(33-2,18-20-10-4-3-5-11-20)17-9-8-14-24(29)27-23-16-15-21-12-6-7-13-22(21)25(23)34(30,31)32;1-9(12)11(13-2)8-10-6-4-3-5-7-10;;;;;/h3-7,10-13,15-16H,8-9,14,17-18H2,1-2H3,(H,27,29)(H,30,31,32);3-7,11H,8H2,1-2H3;4*1H4;1H. The predicted octanol–water partition coefficient (Wildman–Crippen LogP) is 9.33. The van der Waals surface area contributed by atoms with E-state index in [0.29, 0.717) is 42.9 Å². The number of ether oxygens (including phenoxy) is 2. The topological polar surface area (TPSA) is 136 Å². The van der Waals surface area contributed by atoms with E-state index in [4.69, 9.17) is 9.47 Å². The van der Waals surface area contributed by atoms with Gasteiger partial charge in [-0.25, -0.2) is 0 Å². The SMILES string of the molecule is C.C.C.C.COC(CCCCC(=O)Nc1ccc2ccccc2c1S(=O)(=O)O)(Cc1ccccc1)C(C)=O.COC(Cc1ccccc1)C(C)=O.F. The minimum absolute atomic E-state index is 0. The molecular weight excluding hydrogens is 686 g/mol. The van der Waals surface area contributed by atoms with E-state index < -0.39 is 15.7 Å². The van der Waals surface area contributed by atoms with E-state index in [1.807, 2.05) is 60.7 Å². The Morgan fingerprint density at radius 1 is 0.769 bits per heavy atom. The number of amides is 1. The van der Waals surface area contributed by atoms with Gasteiger partial charge in [-0.2, -0.15) is 8.42 Å². The van der Waals surface area contributed by atoms with Gasteiger partial charge in [-0.3, -0.25) is 23.6 Å². The number of ketones is 2. The van der Waals surface area contributed by atoms with Gasteiger partial charge in [0.05, 0.1) is 5.69 Å². The molecule has 0 aromatic heterocycles. The van der Waals surface area contributed by atoms with E-state index >= 15 is 0 Å². The zero-order valence-electron chi connectivity index (χ0n) is 27.7. The Bertz CT molecular complexity index is 1750. The first kappa shape index (κ1) is 52.1. The molecule has 2 N–H and O–H groups in total. The molecule has 0 radical (unpaired) electrons. The second kappa shape index (κ2) is 24.8. The van der Waals surface area contributed by atoms with Crippen molar-refractivity contribution in [3.8, 4) is 0 Å². The first-order valence-corrected chi connectivity index (χ1v) is 16.8. The third kappa shape index (κ3) is 15.1. The Kier molecular flexibility index (Phi) is 24.9. The average molecular weight is 746 g/mol. The zero-order chi connectivity index (χ0) is 34.5. The smallest absolute Gasteiger partial charge is 0.297 e. The van der Waals surface area contributed by atoms with Crippen molar-refractivity contribution in [3.63, 3.8) is 0 Å². The number of hydrogen-bond acceptors (Lipinski definition) is 7. The molecule has 4 aromatic rings. The van der Waals surface area contributed by atoms with E-state index in [1.54, 1.807) is 44.4 Å². The number of benzene rings is 4. The van der Waals surface area contributed by atoms with E-state index in [0.717, 1.165) is 11.1 Å². The fourth-order valence-electron chi connectivity index (χ4n) is 5.38. The number of hydrogen-bond donors (Lipinski definition) is 2. The summed E-state index contributed by atoms with van der Waals surface area (Å²) in [5.41, 5.74) is 1.19. The highest BCUT2D eigenvalue weighted by atomic mass is 32.2. The van der Waals surface area contributed by atoms with Gasteiger partial charge in [-0.05, 0) is 55.7 Å². The number of nitrogens with one attached hydrogen (secondary N) is 1. The van der Waals surface area contributed by atoms with Crippen molar-refractivity contribution in [2.75, 3.05) is 19.5 Å². The number of halogens is 1. The number of rotatable bonds is 15. The molecular formula is C41H60FNO8S. The normalized spacial score (nSPS) is 11.9. The van der Waals surface area contributed by atoms with Crippen LogP contribution in [0.5, 0.6) is 0 Å². The van der Waals surface area contributed by atoms with Gasteiger partial charge in [0.1, 0.15) is 16.6 Å². The number of fused-ring (bicyclic) bond motifs is 1. The quantitative estimate of drug-likeness (QED) is 0.0908. The molecule has 1 amide bonds. The lowest BCUT2D eigenvalue weighted by molar-refractivity contribution is -0.139. The predicted molar refractivity (Wildman–Crippen MR) is 212 cm³/mol. The summed E-state index contributed by atoms with van der Waals surface area (Å²) in [6, 6.07) is 29.4. The van der Waals surface area contributed by atoms with E-state index in [9.17, 15) is 27.4 Å². The molecule has 0 aliphatic rings. The van der Waals surface area contributed by atoms with Crippen LogP contribution >= 0.6 is 0 Å². The van der Waals surface area contributed by atoms with Crippen molar-refractivity contribution in [1.29, 1.82) is 0 Å². The van der Waals surface area contributed by atoms with Crippen LogP contribution in [0.3, 0.4) is 0 Å². The summed E-state index contributed by atoms with van der Waals surface area (Å²) in [6.07, 6.45) is 2.42. The summed E-state index contributed by atoms with van der Waals surface area (Å²) in [4.78, 5) is 35.7. The summed E-state index contributed by atoms with van der Waals surface area (Å²) in [7, 11) is -1.48. The van der Waals surface area contributed by atoms with Crippen LogP contribution in [0.15, 0.2) is 102 Å². The van der Waals surface area contributed by atoms with Gasteiger partial charge >= 0.3 is 0 Å². The summed E-state index contributed by atoms with van der Waals surface area (Å²) in [6.45, 7) is 3.06. The summed E-state index contributed by atoms with van der Waals surface area (Å²) in [5.74, 6) is -0.377. The summed E-state index contributed by atoms with van der Waals surface area (Å²) in [5, 5.41) is 3.57. The van der Waals surface area contributed by atoms with Crippen LogP contribution in [0.1, 0.15) is 80.4 Å². The molecule has 0 spiro atoms. The van der Waals surface area contributed by atoms with Crippen LogP contribution < -0.4 is 5.32 Å². The first-order chi connectivity index (χ1) is 22.4. The van der Waals surface area contributed by atoms with Gasteiger partial charge < -0.3 is 14.8 Å². The average Bonchev–Trinajstić information content (AvgIpc) is 3.05. The highest BCUT2D eigenvalue weighted by molar-refractivity contribution is 7.86. The number of unbranched alkanes of at least 4 members (excludes halogenated alkanes) is 1. The number of Topliss-reactive ketones (excluding diaryl/α,β-unsaturated/α-hetero) is 2. The van der Waals surface area contributed by atoms with Crippen LogP contribution in [0, 0.1) is 0 Å². The van der Waals surface area contributed by atoms with Crippen molar-refractivity contribution < 1.29 is 41.5 Å². The molecule has 9 nitrogen and oxygen atoms in total. The zero-order valence-corrected chi connectivity index (χ0v) is 28.5. The Labute approximate surface area is 311 Å². The lowest BCUT2D eigenvalue weighted by Gasteiger charge is -2.30. The largest absolute Gasteiger partial charge is 0.373 e. The lowest BCUT2D eigenvalue weighted by atomic mass is 9.85. The number of carbonyl (C=O) groups excluding carboxylic acids is 3. The van der Waals surface area contributed by atoms with Gasteiger partial charge in [-0.1, -0.05) is 121 Å². The highest BCUT2D eigenvalue weighted by Crippen LogP contribution is 2.31. The molecule has 0 aliphatic carbocycles. The minimum Gasteiger partial charge on any atom is -0.373 e. The van der Waals surface area contributed by atoms with Gasteiger partial charge in [-0.15, -0.1) is 0 Å². The molecule has 4 aromatic carbocycles. The fourth-order valence-corrected chi connectivity index (χ4v) is 6.24. The van der Waals surface area contributed by atoms with Crippen molar-refractivity contribution in [2.45, 2.75) is 98.7 Å².